The third-order valence-corrected chi connectivity index (χ3v) is 3.03. The summed E-state index contributed by atoms with van der Waals surface area (Å²) in [7, 11) is 0. The number of carbonyl (C=O) groups excluding carboxylic acids is 1. The summed E-state index contributed by atoms with van der Waals surface area (Å²) in [5.74, 6) is -1.08. The zero-order chi connectivity index (χ0) is 15.2. The molecule has 5 nitrogen and oxygen atoms in total. The monoisotopic (exact) mass is 284 g/mol. The van der Waals surface area contributed by atoms with Gasteiger partial charge in [-0.25, -0.2) is 9.59 Å². The van der Waals surface area contributed by atoms with E-state index in [0.717, 1.165) is 5.69 Å². The molecule has 0 aliphatic carbocycles. The van der Waals surface area contributed by atoms with Crippen molar-refractivity contribution in [2.24, 2.45) is 0 Å². The number of anilines is 2. The van der Waals surface area contributed by atoms with E-state index in [1.54, 1.807) is 23.1 Å². The highest BCUT2D eigenvalue weighted by Crippen LogP contribution is 2.18. The SMILES string of the molecule is CCN(C(=O)Nc1ccccc1C(=O)O)c1ccccc1. The minimum Gasteiger partial charge on any atom is -0.478 e. The molecule has 2 rings (SSSR count). The fourth-order valence-electron chi connectivity index (χ4n) is 2.01. The summed E-state index contributed by atoms with van der Waals surface area (Å²) in [6.07, 6.45) is 0. The van der Waals surface area contributed by atoms with Crippen LogP contribution in [0.1, 0.15) is 17.3 Å². The Labute approximate surface area is 122 Å². The van der Waals surface area contributed by atoms with E-state index in [0.29, 0.717) is 6.54 Å². The fraction of sp³-hybridized carbons (Fsp3) is 0.125. The molecule has 0 bridgehead atoms. The summed E-state index contributed by atoms with van der Waals surface area (Å²) in [6.45, 7) is 2.33. The van der Waals surface area contributed by atoms with Gasteiger partial charge in [-0.1, -0.05) is 30.3 Å². The number of aromatic carboxylic acids is 1. The Bertz CT molecular complexity index is 641. The molecular formula is C16H16N2O3. The summed E-state index contributed by atoms with van der Waals surface area (Å²) >= 11 is 0. The number of nitrogens with zero attached hydrogens (tertiary/aromatic N) is 1. The molecule has 2 N–H and O–H groups in total. The molecule has 0 aliphatic rings. The second-order valence-electron chi connectivity index (χ2n) is 4.36. The van der Waals surface area contributed by atoms with Gasteiger partial charge in [-0.2, -0.15) is 0 Å². The number of hydrogen-bond acceptors (Lipinski definition) is 2. The molecule has 2 amide bonds. The Kier molecular flexibility index (Phi) is 4.56. The highest BCUT2D eigenvalue weighted by Gasteiger charge is 2.16. The van der Waals surface area contributed by atoms with Crippen molar-refractivity contribution in [3.05, 3.63) is 60.2 Å². The highest BCUT2D eigenvalue weighted by molar-refractivity contribution is 6.05. The molecule has 0 aliphatic heterocycles. The molecule has 0 spiro atoms. The number of carbonyl (C=O) groups is 2. The maximum atomic E-state index is 12.3. The van der Waals surface area contributed by atoms with Gasteiger partial charge in [-0.3, -0.25) is 4.90 Å². The first kappa shape index (κ1) is 14.6. The van der Waals surface area contributed by atoms with Crippen LogP contribution < -0.4 is 10.2 Å². The second kappa shape index (κ2) is 6.56. The van der Waals surface area contributed by atoms with Crippen LogP contribution in [0.2, 0.25) is 0 Å². The standard InChI is InChI=1S/C16H16N2O3/c1-2-18(12-8-4-3-5-9-12)16(21)17-14-11-7-6-10-13(14)15(19)20/h3-11H,2H2,1H3,(H,17,21)(H,19,20). The maximum Gasteiger partial charge on any atom is 0.337 e. The van der Waals surface area contributed by atoms with E-state index in [9.17, 15) is 9.59 Å². The van der Waals surface area contributed by atoms with Crippen molar-refractivity contribution in [1.29, 1.82) is 0 Å². The normalized spacial score (nSPS) is 9.95. The number of carboxylic acid groups (broad SMARTS) is 1. The van der Waals surface area contributed by atoms with Crippen molar-refractivity contribution < 1.29 is 14.7 Å². The zero-order valence-corrected chi connectivity index (χ0v) is 11.6. The first-order chi connectivity index (χ1) is 10.1. The Morgan fingerprint density at radius 2 is 1.67 bits per heavy atom. The number of carboxylic acids is 1. The van der Waals surface area contributed by atoms with E-state index in [2.05, 4.69) is 5.32 Å². The number of hydrogen-bond donors (Lipinski definition) is 2. The molecule has 0 atom stereocenters. The summed E-state index contributed by atoms with van der Waals surface area (Å²) in [6, 6.07) is 15.2. The van der Waals surface area contributed by atoms with Gasteiger partial charge in [0, 0.05) is 12.2 Å². The Morgan fingerprint density at radius 3 is 2.29 bits per heavy atom. The van der Waals surface area contributed by atoms with Gasteiger partial charge in [0.2, 0.25) is 0 Å². The molecular weight excluding hydrogens is 268 g/mol. The molecule has 2 aromatic rings. The topological polar surface area (TPSA) is 69.6 Å². The molecule has 0 fully saturated rings. The average Bonchev–Trinajstić information content (AvgIpc) is 2.49. The van der Waals surface area contributed by atoms with Crippen LogP contribution in [0.25, 0.3) is 0 Å². The van der Waals surface area contributed by atoms with Gasteiger partial charge in [0.25, 0.3) is 0 Å². The predicted octanol–water partition coefficient (Wildman–Crippen LogP) is 3.44. The van der Waals surface area contributed by atoms with E-state index in [-0.39, 0.29) is 17.3 Å². The molecule has 0 saturated carbocycles. The van der Waals surface area contributed by atoms with Crippen LogP contribution in [-0.2, 0) is 0 Å². The van der Waals surface area contributed by atoms with Crippen molar-refractivity contribution in [2.45, 2.75) is 6.92 Å². The van der Waals surface area contributed by atoms with Crippen molar-refractivity contribution in [2.75, 3.05) is 16.8 Å². The summed E-state index contributed by atoms with van der Waals surface area (Å²) in [5, 5.41) is 11.8. The molecule has 5 heteroatoms. The van der Waals surface area contributed by atoms with Crippen molar-refractivity contribution >= 4 is 23.4 Å². The highest BCUT2D eigenvalue weighted by atomic mass is 16.4. The molecule has 0 heterocycles. The lowest BCUT2D eigenvalue weighted by atomic mass is 10.2. The zero-order valence-electron chi connectivity index (χ0n) is 11.6. The second-order valence-corrected chi connectivity index (χ2v) is 4.36. The van der Waals surface area contributed by atoms with Crippen LogP contribution >= 0.6 is 0 Å². The molecule has 0 unspecified atom stereocenters. The third-order valence-electron chi connectivity index (χ3n) is 3.03. The summed E-state index contributed by atoms with van der Waals surface area (Å²) in [4.78, 5) is 25.0. The van der Waals surface area contributed by atoms with Crippen LogP contribution in [-0.4, -0.2) is 23.7 Å². The first-order valence-electron chi connectivity index (χ1n) is 6.59. The minimum atomic E-state index is -1.08. The van der Waals surface area contributed by atoms with Crippen LogP contribution in [0.15, 0.2) is 54.6 Å². The lowest BCUT2D eigenvalue weighted by molar-refractivity contribution is 0.0698. The Hall–Kier alpha value is -2.82. The van der Waals surface area contributed by atoms with E-state index < -0.39 is 5.97 Å². The van der Waals surface area contributed by atoms with Gasteiger partial charge in [0.05, 0.1) is 11.3 Å². The van der Waals surface area contributed by atoms with E-state index in [4.69, 9.17) is 5.11 Å². The third kappa shape index (κ3) is 3.39. The van der Waals surface area contributed by atoms with Gasteiger partial charge in [0.1, 0.15) is 0 Å². The van der Waals surface area contributed by atoms with Gasteiger partial charge >= 0.3 is 12.0 Å². The molecule has 0 aromatic heterocycles. The van der Waals surface area contributed by atoms with Gasteiger partial charge in [-0.15, -0.1) is 0 Å². The number of benzene rings is 2. The lowest BCUT2D eigenvalue weighted by Crippen LogP contribution is -2.35. The number of nitrogens with one attached hydrogen (secondary N) is 1. The molecule has 2 aromatic carbocycles. The summed E-state index contributed by atoms with van der Waals surface area (Å²) < 4.78 is 0. The van der Waals surface area contributed by atoms with Crippen LogP contribution in [0.4, 0.5) is 16.2 Å². The number of urea groups is 1. The predicted molar refractivity (Wildman–Crippen MR) is 81.9 cm³/mol. The number of amides is 2. The van der Waals surface area contributed by atoms with Gasteiger partial charge in [0.15, 0.2) is 0 Å². The molecule has 0 saturated heterocycles. The van der Waals surface area contributed by atoms with Gasteiger partial charge in [-0.05, 0) is 31.2 Å². The number of para-hydroxylation sites is 2. The van der Waals surface area contributed by atoms with Gasteiger partial charge < -0.3 is 10.4 Å². The first-order valence-corrected chi connectivity index (χ1v) is 6.59. The van der Waals surface area contributed by atoms with E-state index in [1.165, 1.54) is 6.07 Å². The smallest absolute Gasteiger partial charge is 0.337 e. The molecule has 0 radical (unpaired) electrons. The number of rotatable bonds is 4. The van der Waals surface area contributed by atoms with Crippen LogP contribution in [0.5, 0.6) is 0 Å². The summed E-state index contributed by atoms with van der Waals surface area (Å²) in [5.41, 5.74) is 1.10. The maximum absolute atomic E-state index is 12.3. The van der Waals surface area contributed by atoms with E-state index >= 15 is 0 Å². The van der Waals surface area contributed by atoms with Crippen LogP contribution in [0, 0.1) is 0 Å². The van der Waals surface area contributed by atoms with Crippen molar-refractivity contribution in [3.8, 4) is 0 Å². The Balaban J connectivity index is 2.23. The van der Waals surface area contributed by atoms with E-state index in [1.807, 2.05) is 37.3 Å². The minimum absolute atomic E-state index is 0.0648. The molecule has 21 heavy (non-hydrogen) atoms. The Morgan fingerprint density at radius 1 is 1.05 bits per heavy atom. The van der Waals surface area contributed by atoms with Crippen molar-refractivity contribution in [3.63, 3.8) is 0 Å². The lowest BCUT2D eigenvalue weighted by Gasteiger charge is -2.22. The fourth-order valence-corrected chi connectivity index (χ4v) is 2.01. The van der Waals surface area contributed by atoms with Crippen LogP contribution in [0.3, 0.4) is 0 Å². The average molecular weight is 284 g/mol. The van der Waals surface area contributed by atoms with Crippen molar-refractivity contribution in [1.82, 2.24) is 0 Å². The quantitative estimate of drug-likeness (QED) is 0.903. The largest absolute Gasteiger partial charge is 0.478 e. The molecule has 108 valence electrons.